The van der Waals surface area contributed by atoms with Crippen molar-refractivity contribution < 1.29 is 0 Å². The van der Waals surface area contributed by atoms with Crippen LogP contribution in [0.5, 0.6) is 0 Å². The fraction of sp³-hybridized carbons (Fsp3) is 0.294. The molecular formula is C17H17Br2N. The van der Waals surface area contributed by atoms with Gasteiger partial charge < -0.3 is 5.32 Å². The molecule has 2 aromatic carbocycles. The highest BCUT2D eigenvalue weighted by molar-refractivity contribution is 9.10. The topological polar surface area (TPSA) is 12.0 Å². The van der Waals surface area contributed by atoms with Gasteiger partial charge in [0.25, 0.3) is 0 Å². The van der Waals surface area contributed by atoms with E-state index in [1.807, 2.05) is 0 Å². The smallest absolute Gasteiger partial charge is 0.0210 e. The summed E-state index contributed by atoms with van der Waals surface area (Å²) < 4.78 is 2.36. The first-order chi connectivity index (χ1) is 9.75. The molecule has 0 aliphatic carbocycles. The van der Waals surface area contributed by atoms with Crippen molar-refractivity contribution in [2.75, 3.05) is 13.1 Å². The Morgan fingerprint density at radius 1 is 0.900 bits per heavy atom. The van der Waals surface area contributed by atoms with E-state index in [1.54, 1.807) is 0 Å². The van der Waals surface area contributed by atoms with Crippen molar-refractivity contribution in [1.29, 1.82) is 0 Å². The molecule has 3 rings (SSSR count). The molecule has 20 heavy (non-hydrogen) atoms. The molecule has 0 radical (unpaired) electrons. The molecule has 0 spiro atoms. The quantitative estimate of drug-likeness (QED) is 0.749. The number of hydrogen-bond donors (Lipinski definition) is 1. The van der Waals surface area contributed by atoms with Crippen LogP contribution in [0, 0.1) is 0 Å². The van der Waals surface area contributed by atoms with Gasteiger partial charge in [0.15, 0.2) is 0 Å². The van der Waals surface area contributed by atoms with Crippen molar-refractivity contribution >= 4 is 31.9 Å². The van der Waals surface area contributed by atoms with Crippen molar-refractivity contribution in [3.05, 3.63) is 68.6 Å². The van der Waals surface area contributed by atoms with Crippen LogP contribution in [0.1, 0.15) is 29.4 Å². The highest BCUT2D eigenvalue weighted by Gasteiger charge is 2.28. The summed E-state index contributed by atoms with van der Waals surface area (Å²) in [5.74, 6) is 1.11. The van der Waals surface area contributed by atoms with E-state index in [0.29, 0.717) is 11.8 Å². The van der Waals surface area contributed by atoms with E-state index in [0.717, 1.165) is 17.6 Å². The minimum atomic E-state index is 0.528. The number of nitrogens with one attached hydrogen (secondary N) is 1. The van der Waals surface area contributed by atoms with Gasteiger partial charge in [-0.1, -0.05) is 62.2 Å². The average Bonchev–Trinajstić information content (AvgIpc) is 2.49. The molecule has 1 nitrogen and oxygen atoms in total. The van der Waals surface area contributed by atoms with Gasteiger partial charge in [-0.25, -0.2) is 0 Å². The van der Waals surface area contributed by atoms with Crippen LogP contribution in [-0.4, -0.2) is 13.1 Å². The summed E-state index contributed by atoms with van der Waals surface area (Å²) in [6.45, 7) is 2.14. The molecule has 1 heterocycles. The van der Waals surface area contributed by atoms with Crippen molar-refractivity contribution in [3.8, 4) is 0 Å². The summed E-state index contributed by atoms with van der Waals surface area (Å²) in [7, 11) is 0. The van der Waals surface area contributed by atoms with Crippen molar-refractivity contribution in [1.82, 2.24) is 5.32 Å². The molecule has 1 aliphatic heterocycles. The lowest BCUT2D eigenvalue weighted by Crippen LogP contribution is -2.34. The lowest BCUT2D eigenvalue weighted by molar-refractivity contribution is 0.403. The van der Waals surface area contributed by atoms with Crippen LogP contribution in [0.15, 0.2) is 57.5 Å². The Balaban J connectivity index is 1.95. The lowest BCUT2D eigenvalue weighted by atomic mass is 9.77. The summed E-state index contributed by atoms with van der Waals surface area (Å²) in [5, 5.41) is 3.54. The minimum absolute atomic E-state index is 0.528. The maximum absolute atomic E-state index is 3.71. The third-order valence-electron chi connectivity index (χ3n) is 4.08. The van der Waals surface area contributed by atoms with Gasteiger partial charge in [-0.05, 0) is 48.2 Å². The van der Waals surface area contributed by atoms with Crippen molar-refractivity contribution in [2.24, 2.45) is 0 Å². The van der Waals surface area contributed by atoms with Crippen LogP contribution < -0.4 is 5.32 Å². The number of benzene rings is 2. The highest BCUT2D eigenvalue weighted by Crippen LogP contribution is 2.40. The third-order valence-corrected chi connectivity index (χ3v) is 5.34. The fourth-order valence-corrected chi connectivity index (χ4v) is 3.91. The average molecular weight is 395 g/mol. The van der Waals surface area contributed by atoms with E-state index in [4.69, 9.17) is 0 Å². The molecule has 0 amide bonds. The molecule has 1 saturated heterocycles. The van der Waals surface area contributed by atoms with Crippen LogP contribution in [0.25, 0.3) is 0 Å². The van der Waals surface area contributed by atoms with Crippen LogP contribution in [0.3, 0.4) is 0 Å². The standard InChI is InChI=1S/C17H17Br2N/c18-13-7-5-12(6-8-13)14-9-10-20-11-16(14)15-3-1-2-4-17(15)19/h1-8,14,16,20H,9-11H2. The van der Waals surface area contributed by atoms with Crippen LogP contribution in [0.4, 0.5) is 0 Å². The highest BCUT2D eigenvalue weighted by atomic mass is 79.9. The summed E-state index contributed by atoms with van der Waals surface area (Å²) in [4.78, 5) is 0. The minimum Gasteiger partial charge on any atom is -0.316 e. The zero-order chi connectivity index (χ0) is 13.9. The number of hydrogen-bond acceptors (Lipinski definition) is 1. The zero-order valence-electron chi connectivity index (χ0n) is 11.2. The Morgan fingerprint density at radius 3 is 2.40 bits per heavy atom. The molecule has 0 saturated carbocycles. The van der Waals surface area contributed by atoms with Crippen LogP contribution >= 0.6 is 31.9 Å². The van der Waals surface area contributed by atoms with Gasteiger partial charge in [0, 0.05) is 21.4 Å². The van der Waals surface area contributed by atoms with Crippen molar-refractivity contribution in [2.45, 2.75) is 18.3 Å². The Bertz CT molecular complexity index is 580. The van der Waals surface area contributed by atoms with Crippen LogP contribution in [-0.2, 0) is 0 Å². The van der Waals surface area contributed by atoms with Gasteiger partial charge >= 0.3 is 0 Å². The number of piperidine rings is 1. The first-order valence-corrected chi connectivity index (χ1v) is 8.55. The maximum Gasteiger partial charge on any atom is 0.0210 e. The largest absolute Gasteiger partial charge is 0.316 e. The monoisotopic (exact) mass is 393 g/mol. The Morgan fingerprint density at radius 2 is 1.65 bits per heavy atom. The molecule has 2 aromatic rings. The predicted octanol–water partition coefficient (Wildman–Crippen LogP) is 5.07. The molecule has 1 fully saturated rings. The second-order valence-electron chi connectivity index (χ2n) is 5.28. The van der Waals surface area contributed by atoms with E-state index in [2.05, 4.69) is 85.7 Å². The fourth-order valence-electron chi connectivity index (χ4n) is 3.07. The zero-order valence-corrected chi connectivity index (χ0v) is 14.3. The first kappa shape index (κ1) is 14.3. The van der Waals surface area contributed by atoms with E-state index < -0.39 is 0 Å². The van der Waals surface area contributed by atoms with Gasteiger partial charge in [-0.3, -0.25) is 0 Å². The summed E-state index contributed by atoms with van der Waals surface area (Å²) in [5.41, 5.74) is 2.85. The van der Waals surface area contributed by atoms with E-state index >= 15 is 0 Å². The molecule has 2 atom stereocenters. The Kier molecular flexibility index (Phi) is 4.59. The molecule has 1 aliphatic rings. The number of rotatable bonds is 2. The lowest BCUT2D eigenvalue weighted by Gasteiger charge is -2.33. The second kappa shape index (κ2) is 6.42. The summed E-state index contributed by atoms with van der Waals surface area (Å²) in [6, 6.07) is 17.4. The second-order valence-corrected chi connectivity index (χ2v) is 7.05. The molecule has 1 N–H and O–H groups in total. The molecule has 104 valence electrons. The third kappa shape index (κ3) is 3.00. The van der Waals surface area contributed by atoms with Gasteiger partial charge in [0.2, 0.25) is 0 Å². The maximum atomic E-state index is 3.71. The van der Waals surface area contributed by atoms with Gasteiger partial charge in [-0.15, -0.1) is 0 Å². The van der Waals surface area contributed by atoms with E-state index in [1.165, 1.54) is 22.0 Å². The van der Waals surface area contributed by atoms with Crippen molar-refractivity contribution in [3.63, 3.8) is 0 Å². The summed E-state index contributed by atoms with van der Waals surface area (Å²) in [6.07, 6.45) is 1.19. The summed E-state index contributed by atoms with van der Waals surface area (Å²) >= 11 is 7.23. The normalized spacial score (nSPS) is 22.7. The molecule has 0 bridgehead atoms. The Labute approximate surface area is 137 Å². The van der Waals surface area contributed by atoms with Gasteiger partial charge in [-0.2, -0.15) is 0 Å². The molecule has 0 aromatic heterocycles. The van der Waals surface area contributed by atoms with E-state index in [9.17, 15) is 0 Å². The molecule has 2 unspecified atom stereocenters. The Hall–Kier alpha value is -0.640. The predicted molar refractivity (Wildman–Crippen MR) is 91.3 cm³/mol. The molecule has 3 heteroatoms. The van der Waals surface area contributed by atoms with Gasteiger partial charge in [0.05, 0.1) is 0 Å². The van der Waals surface area contributed by atoms with Gasteiger partial charge in [0.1, 0.15) is 0 Å². The SMILES string of the molecule is Brc1ccc(C2CCNCC2c2ccccc2Br)cc1. The first-order valence-electron chi connectivity index (χ1n) is 6.96. The number of halogens is 2. The van der Waals surface area contributed by atoms with E-state index in [-0.39, 0.29) is 0 Å². The molecular weight excluding hydrogens is 378 g/mol. The van der Waals surface area contributed by atoms with Crippen LogP contribution in [0.2, 0.25) is 0 Å².